The molecular formula is C15H20N2O2S. The van der Waals surface area contributed by atoms with E-state index in [0.717, 1.165) is 28.6 Å². The Hall–Kier alpha value is -1.62. The molecule has 2 rings (SSSR count). The normalized spacial score (nSPS) is 11.7. The third kappa shape index (κ3) is 3.10. The second-order valence-corrected chi connectivity index (χ2v) is 6.95. The molecule has 0 N–H and O–H groups in total. The first-order valence-electron chi connectivity index (χ1n) is 6.54. The van der Waals surface area contributed by atoms with Gasteiger partial charge in [0.15, 0.2) is 11.4 Å². The van der Waals surface area contributed by atoms with E-state index >= 15 is 0 Å². The van der Waals surface area contributed by atoms with Crippen LogP contribution in [0, 0.1) is 6.92 Å². The number of hydrogen-bond donors (Lipinski definition) is 0. The first-order chi connectivity index (χ1) is 9.31. The Labute approximate surface area is 123 Å². The molecule has 0 aliphatic carbocycles. The van der Waals surface area contributed by atoms with Gasteiger partial charge in [-0.25, -0.2) is 4.98 Å². The Kier molecular flexibility index (Phi) is 3.99. The molecule has 0 atom stereocenters. The van der Waals surface area contributed by atoms with Crippen LogP contribution in [-0.4, -0.2) is 18.3 Å². The number of hydrogen-bond acceptors (Lipinski definition) is 5. The molecule has 0 spiro atoms. The first-order valence-corrected chi connectivity index (χ1v) is 7.36. The molecular weight excluding hydrogens is 272 g/mol. The van der Waals surface area contributed by atoms with Crippen LogP contribution in [0.1, 0.15) is 47.7 Å². The van der Waals surface area contributed by atoms with Crippen molar-refractivity contribution in [3.05, 3.63) is 34.2 Å². The summed E-state index contributed by atoms with van der Waals surface area (Å²) in [5.41, 5.74) is 0.725. The van der Waals surface area contributed by atoms with Crippen LogP contribution < -0.4 is 4.90 Å². The summed E-state index contributed by atoms with van der Waals surface area (Å²) < 4.78 is 5.57. The van der Waals surface area contributed by atoms with Crippen molar-refractivity contribution >= 4 is 22.8 Å². The second-order valence-electron chi connectivity index (χ2n) is 5.95. The molecule has 0 bridgehead atoms. The maximum atomic E-state index is 11.2. The summed E-state index contributed by atoms with van der Waals surface area (Å²) in [6.45, 7) is 8.76. The minimum atomic E-state index is -0.132. The largest absolute Gasteiger partial charge is 0.464 e. The number of anilines is 1. The van der Waals surface area contributed by atoms with Crippen LogP contribution in [0.2, 0.25) is 0 Å². The Morgan fingerprint density at radius 2 is 2.10 bits per heavy atom. The molecule has 0 amide bonds. The third-order valence-corrected chi connectivity index (χ3v) is 4.07. The predicted molar refractivity (Wildman–Crippen MR) is 81.8 cm³/mol. The lowest BCUT2D eigenvalue weighted by molar-refractivity contribution is 0.112. The number of carbonyl (C=O) groups is 1. The molecule has 0 aliphatic heterocycles. The third-order valence-electron chi connectivity index (χ3n) is 2.98. The van der Waals surface area contributed by atoms with E-state index in [-0.39, 0.29) is 5.41 Å². The van der Waals surface area contributed by atoms with Gasteiger partial charge in [-0.15, -0.1) is 0 Å². The molecule has 0 fully saturated rings. The second kappa shape index (κ2) is 5.40. The van der Waals surface area contributed by atoms with Gasteiger partial charge in [-0.05, 0) is 19.1 Å². The monoisotopic (exact) mass is 292 g/mol. The zero-order valence-electron chi connectivity index (χ0n) is 12.6. The molecule has 2 heterocycles. The van der Waals surface area contributed by atoms with Gasteiger partial charge < -0.3 is 9.32 Å². The lowest BCUT2D eigenvalue weighted by Crippen LogP contribution is -2.17. The molecule has 0 radical (unpaired) electrons. The highest BCUT2D eigenvalue weighted by Gasteiger charge is 2.24. The van der Waals surface area contributed by atoms with Crippen molar-refractivity contribution in [2.45, 2.75) is 39.7 Å². The van der Waals surface area contributed by atoms with Crippen molar-refractivity contribution in [3.8, 4) is 0 Å². The molecule has 0 saturated heterocycles. The molecule has 108 valence electrons. The summed E-state index contributed by atoms with van der Waals surface area (Å²) in [7, 11) is 1.96. The van der Waals surface area contributed by atoms with Crippen LogP contribution in [0.3, 0.4) is 0 Å². The van der Waals surface area contributed by atoms with Crippen LogP contribution in [0.4, 0.5) is 5.13 Å². The molecule has 5 heteroatoms. The van der Waals surface area contributed by atoms with E-state index in [1.165, 1.54) is 11.3 Å². The Morgan fingerprint density at radius 1 is 1.40 bits per heavy atom. The van der Waals surface area contributed by atoms with Crippen molar-refractivity contribution in [1.82, 2.24) is 4.98 Å². The molecule has 2 aromatic heterocycles. The average Bonchev–Trinajstić information content (AvgIpc) is 2.94. The van der Waals surface area contributed by atoms with Gasteiger partial charge in [0.2, 0.25) is 0 Å². The highest BCUT2D eigenvalue weighted by atomic mass is 32.1. The van der Waals surface area contributed by atoms with Gasteiger partial charge in [0, 0.05) is 12.5 Å². The molecule has 20 heavy (non-hydrogen) atoms. The van der Waals surface area contributed by atoms with E-state index in [0.29, 0.717) is 11.4 Å². The van der Waals surface area contributed by atoms with Gasteiger partial charge in [0.1, 0.15) is 11.5 Å². The van der Waals surface area contributed by atoms with E-state index in [1.807, 2.05) is 31.0 Å². The maximum absolute atomic E-state index is 11.2. The molecule has 0 aromatic carbocycles. The van der Waals surface area contributed by atoms with Gasteiger partial charge in [-0.3, -0.25) is 4.79 Å². The summed E-state index contributed by atoms with van der Waals surface area (Å²) in [6, 6.07) is 3.91. The zero-order valence-corrected chi connectivity index (χ0v) is 13.4. The lowest BCUT2D eigenvalue weighted by atomic mass is 9.91. The highest BCUT2D eigenvalue weighted by molar-refractivity contribution is 7.17. The zero-order chi connectivity index (χ0) is 14.9. The number of nitrogens with zero attached hydrogens (tertiary/aromatic N) is 2. The quantitative estimate of drug-likeness (QED) is 0.804. The molecule has 0 unspecified atom stereocenters. The fraction of sp³-hybridized carbons (Fsp3) is 0.467. The fourth-order valence-corrected chi connectivity index (χ4v) is 3.02. The minimum Gasteiger partial charge on any atom is -0.464 e. The van der Waals surface area contributed by atoms with Crippen LogP contribution in [0.15, 0.2) is 16.5 Å². The summed E-state index contributed by atoms with van der Waals surface area (Å²) in [5.74, 6) is 1.79. The SMILES string of the molecule is Cc1ccc(CN(C)c2nc(C(C)(C)C)c(C=O)s2)o1. The van der Waals surface area contributed by atoms with E-state index in [1.54, 1.807) is 0 Å². The molecule has 4 nitrogen and oxygen atoms in total. The van der Waals surface area contributed by atoms with E-state index < -0.39 is 0 Å². The van der Waals surface area contributed by atoms with Crippen molar-refractivity contribution in [1.29, 1.82) is 0 Å². The Morgan fingerprint density at radius 3 is 2.55 bits per heavy atom. The van der Waals surface area contributed by atoms with Gasteiger partial charge in [0.25, 0.3) is 0 Å². The summed E-state index contributed by atoms with van der Waals surface area (Å²) in [4.78, 5) is 18.5. The van der Waals surface area contributed by atoms with Crippen LogP contribution in [0.25, 0.3) is 0 Å². The van der Waals surface area contributed by atoms with E-state index in [9.17, 15) is 4.79 Å². The minimum absolute atomic E-state index is 0.132. The van der Waals surface area contributed by atoms with Crippen molar-refractivity contribution in [3.63, 3.8) is 0 Å². The van der Waals surface area contributed by atoms with E-state index in [2.05, 4.69) is 25.8 Å². The molecule has 0 saturated carbocycles. The average molecular weight is 292 g/mol. The molecule has 2 aromatic rings. The van der Waals surface area contributed by atoms with Crippen LogP contribution in [0.5, 0.6) is 0 Å². The predicted octanol–water partition coefficient (Wildman–Crippen LogP) is 3.79. The summed E-state index contributed by atoms with van der Waals surface area (Å²) in [5, 5.41) is 0.839. The molecule has 0 aliphatic rings. The van der Waals surface area contributed by atoms with Crippen molar-refractivity contribution in [2.75, 3.05) is 11.9 Å². The summed E-state index contributed by atoms with van der Waals surface area (Å²) in [6.07, 6.45) is 0.895. The van der Waals surface area contributed by atoms with Gasteiger partial charge >= 0.3 is 0 Å². The number of rotatable bonds is 4. The number of aryl methyl sites for hydroxylation is 1. The smallest absolute Gasteiger partial charge is 0.186 e. The lowest BCUT2D eigenvalue weighted by Gasteiger charge is -2.17. The maximum Gasteiger partial charge on any atom is 0.186 e. The van der Waals surface area contributed by atoms with Gasteiger partial charge in [-0.1, -0.05) is 32.1 Å². The van der Waals surface area contributed by atoms with Crippen LogP contribution >= 0.6 is 11.3 Å². The van der Waals surface area contributed by atoms with E-state index in [4.69, 9.17) is 4.42 Å². The highest BCUT2D eigenvalue weighted by Crippen LogP contribution is 2.32. The number of carbonyl (C=O) groups excluding carboxylic acids is 1. The van der Waals surface area contributed by atoms with Crippen molar-refractivity contribution < 1.29 is 9.21 Å². The Balaban J connectivity index is 2.24. The summed E-state index contributed by atoms with van der Waals surface area (Å²) >= 11 is 1.43. The number of aldehydes is 1. The first kappa shape index (κ1) is 14.8. The number of furan rings is 1. The Bertz CT molecular complexity index is 608. The van der Waals surface area contributed by atoms with Crippen LogP contribution in [-0.2, 0) is 12.0 Å². The standard InChI is InChI=1S/C15H20N2O2S/c1-10-6-7-11(19-10)8-17(5)14-16-13(15(2,3)4)12(9-18)20-14/h6-7,9H,8H2,1-5H3. The number of thiazole rings is 1. The number of aromatic nitrogens is 1. The topological polar surface area (TPSA) is 46.3 Å². The fourth-order valence-electron chi connectivity index (χ4n) is 1.97. The van der Waals surface area contributed by atoms with Gasteiger partial charge in [-0.2, -0.15) is 0 Å². The van der Waals surface area contributed by atoms with Crippen molar-refractivity contribution in [2.24, 2.45) is 0 Å². The van der Waals surface area contributed by atoms with Gasteiger partial charge in [0.05, 0.1) is 17.1 Å².